The maximum absolute atomic E-state index is 4.75. The topological polar surface area (TPSA) is 58.5 Å². The van der Waals surface area contributed by atoms with Crippen LogP contribution in [0.25, 0.3) is 10.6 Å². The zero-order valence-corrected chi connectivity index (χ0v) is 13.9. The summed E-state index contributed by atoms with van der Waals surface area (Å²) in [5.41, 5.74) is 3.56. The maximum Gasteiger partial charge on any atom is 0.108 e. The highest BCUT2D eigenvalue weighted by molar-refractivity contribution is 7.13. The van der Waals surface area contributed by atoms with E-state index >= 15 is 0 Å². The van der Waals surface area contributed by atoms with Crippen molar-refractivity contribution in [1.82, 2.24) is 25.1 Å². The van der Waals surface area contributed by atoms with Crippen molar-refractivity contribution < 1.29 is 0 Å². The molecule has 0 saturated carbocycles. The van der Waals surface area contributed by atoms with Gasteiger partial charge in [0.25, 0.3) is 0 Å². The lowest BCUT2D eigenvalue weighted by Crippen LogP contribution is -2.17. The lowest BCUT2D eigenvalue weighted by Gasteiger charge is -2.11. The van der Waals surface area contributed by atoms with E-state index in [1.54, 1.807) is 11.3 Å². The minimum atomic E-state index is 0.831. The van der Waals surface area contributed by atoms with Crippen LogP contribution in [0.1, 0.15) is 29.9 Å². The molecule has 0 fully saturated rings. The van der Waals surface area contributed by atoms with Gasteiger partial charge in [-0.15, -0.1) is 11.3 Å². The van der Waals surface area contributed by atoms with Crippen LogP contribution in [-0.4, -0.2) is 26.3 Å². The van der Waals surface area contributed by atoms with E-state index in [2.05, 4.69) is 43.8 Å². The molecule has 0 saturated heterocycles. The minimum Gasteiger partial charge on any atom is -0.335 e. The summed E-state index contributed by atoms with van der Waals surface area (Å²) < 4.78 is 2.32. The fourth-order valence-corrected chi connectivity index (χ4v) is 3.87. The zero-order valence-electron chi connectivity index (χ0n) is 13.1. The van der Waals surface area contributed by atoms with Crippen LogP contribution < -0.4 is 5.32 Å². The summed E-state index contributed by atoms with van der Waals surface area (Å²) >= 11 is 1.73. The Balaban J connectivity index is 1.31. The summed E-state index contributed by atoms with van der Waals surface area (Å²) in [6.45, 7) is 2.90. The minimum absolute atomic E-state index is 0.831. The van der Waals surface area contributed by atoms with Gasteiger partial charge in [-0.3, -0.25) is 5.10 Å². The Morgan fingerprint density at radius 3 is 3.22 bits per heavy atom. The molecule has 0 bridgehead atoms. The molecule has 0 aliphatic carbocycles. The highest BCUT2D eigenvalue weighted by atomic mass is 32.1. The van der Waals surface area contributed by atoms with Crippen LogP contribution in [0, 0.1) is 0 Å². The Labute approximate surface area is 139 Å². The highest BCUT2D eigenvalue weighted by Gasteiger charge is 2.12. The van der Waals surface area contributed by atoms with Crippen molar-refractivity contribution in [2.24, 2.45) is 0 Å². The number of imidazole rings is 1. The predicted octanol–water partition coefficient (Wildman–Crippen LogP) is 3.00. The second kappa shape index (κ2) is 6.68. The van der Waals surface area contributed by atoms with E-state index < -0.39 is 0 Å². The quantitative estimate of drug-likeness (QED) is 0.684. The van der Waals surface area contributed by atoms with E-state index in [0.717, 1.165) is 38.2 Å². The fraction of sp³-hybridized carbons (Fsp3) is 0.412. The Kier molecular flexibility index (Phi) is 4.26. The van der Waals surface area contributed by atoms with Gasteiger partial charge >= 0.3 is 0 Å². The first-order chi connectivity index (χ1) is 11.4. The molecule has 1 aliphatic rings. The Morgan fingerprint density at radius 2 is 2.35 bits per heavy atom. The number of hydrogen-bond donors (Lipinski definition) is 2. The molecule has 3 aromatic heterocycles. The smallest absolute Gasteiger partial charge is 0.108 e. The molecule has 0 atom stereocenters. The van der Waals surface area contributed by atoms with Gasteiger partial charge in [0.2, 0.25) is 0 Å². The SMILES string of the molecule is c1csc(-c2[nH]ncc2CNCCc2cn3c(n2)CCCC3)c1. The van der Waals surface area contributed by atoms with Gasteiger partial charge in [-0.05, 0) is 24.3 Å². The number of fused-ring (bicyclic) bond motifs is 1. The summed E-state index contributed by atoms with van der Waals surface area (Å²) in [7, 11) is 0. The highest BCUT2D eigenvalue weighted by Crippen LogP contribution is 2.25. The van der Waals surface area contributed by atoms with Crippen molar-refractivity contribution in [3.8, 4) is 10.6 Å². The Hall–Kier alpha value is -1.92. The number of aromatic nitrogens is 4. The molecule has 0 aromatic carbocycles. The Bertz CT molecular complexity index is 732. The molecule has 120 valence electrons. The van der Waals surface area contributed by atoms with Crippen LogP contribution >= 0.6 is 11.3 Å². The van der Waals surface area contributed by atoms with Gasteiger partial charge in [-0.2, -0.15) is 5.10 Å². The van der Waals surface area contributed by atoms with Crippen LogP contribution in [-0.2, 0) is 25.9 Å². The molecular weight excluding hydrogens is 306 g/mol. The largest absolute Gasteiger partial charge is 0.335 e. The van der Waals surface area contributed by atoms with E-state index in [0.29, 0.717) is 0 Å². The van der Waals surface area contributed by atoms with Crippen molar-refractivity contribution in [1.29, 1.82) is 0 Å². The average molecular weight is 327 g/mol. The summed E-state index contributed by atoms with van der Waals surface area (Å²) in [6, 6.07) is 4.19. The molecule has 4 heterocycles. The van der Waals surface area contributed by atoms with E-state index in [9.17, 15) is 0 Å². The lowest BCUT2D eigenvalue weighted by atomic mass is 10.2. The van der Waals surface area contributed by atoms with E-state index in [1.807, 2.05) is 6.20 Å². The standard InChI is InChI=1S/C17H21N5S/c1-2-8-22-12-14(20-16(22)5-1)6-7-18-10-13-11-19-21-17(13)15-4-3-9-23-15/h3-4,9,11-12,18H,1-2,5-8,10H2,(H,19,21). The molecule has 0 amide bonds. The number of rotatable bonds is 6. The number of thiophene rings is 1. The second-order valence-corrected chi connectivity index (χ2v) is 6.92. The van der Waals surface area contributed by atoms with Gasteiger partial charge in [-0.1, -0.05) is 6.07 Å². The van der Waals surface area contributed by atoms with Crippen LogP contribution in [0.4, 0.5) is 0 Å². The number of nitrogens with one attached hydrogen (secondary N) is 2. The van der Waals surface area contributed by atoms with E-state index in [4.69, 9.17) is 4.98 Å². The summed E-state index contributed by atoms with van der Waals surface area (Å²) in [5.74, 6) is 1.26. The molecule has 5 nitrogen and oxygen atoms in total. The number of aromatic amines is 1. The molecule has 6 heteroatoms. The van der Waals surface area contributed by atoms with Crippen molar-refractivity contribution in [2.75, 3.05) is 6.54 Å². The van der Waals surface area contributed by atoms with Gasteiger partial charge in [0.15, 0.2) is 0 Å². The van der Waals surface area contributed by atoms with Gasteiger partial charge in [0.1, 0.15) is 5.82 Å². The van der Waals surface area contributed by atoms with Crippen molar-refractivity contribution in [3.05, 3.63) is 47.0 Å². The van der Waals surface area contributed by atoms with Crippen LogP contribution in [0.3, 0.4) is 0 Å². The predicted molar refractivity (Wildman–Crippen MR) is 92.5 cm³/mol. The first-order valence-electron chi connectivity index (χ1n) is 8.22. The molecule has 0 unspecified atom stereocenters. The normalized spacial score (nSPS) is 14.1. The van der Waals surface area contributed by atoms with Crippen molar-refractivity contribution in [3.63, 3.8) is 0 Å². The van der Waals surface area contributed by atoms with E-state index in [-0.39, 0.29) is 0 Å². The third-order valence-corrected chi connectivity index (χ3v) is 5.20. The molecule has 2 N–H and O–H groups in total. The van der Waals surface area contributed by atoms with Crippen molar-refractivity contribution >= 4 is 11.3 Å². The van der Waals surface area contributed by atoms with Gasteiger partial charge in [0, 0.05) is 44.2 Å². The molecule has 1 aliphatic heterocycles. The molecular formula is C17H21N5S. The molecule has 3 aromatic rings. The lowest BCUT2D eigenvalue weighted by molar-refractivity contribution is 0.522. The number of H-pyrrole nitrogens is 1. The summed E-state index contributed by atoms with van der Waals surface area (Å²) in [6.07, 6.45) is 8.81. The summed E-state index contributed by atoms with van der Waals surface area (Å²) in [4.78, 5) is 5.99. The van der Waals surface area contributed by atoms with Crippen LogP contribution in [0.2, 0.25) is 0 Å². The third kappa shape index (κ3) is 3.23. The number of nitrogens with zero attached hydrogens (tertiary/aromatic N) is 3. The monoisotopic (exact) mass is 327 g/mol. The fourth-order valence-electron chi connectivity index (χ4n) is 3.11. The molecule has 23 heavy (non-hydrogen) atoms. The van der Waals surface area contributed by atoms with Gasteiger partial charge in [-0.25, -0.2) is 4.98 Å². The number of hydrogen-bond acceptors (Lipinski definition) is 4. The zero-order chi connectivity index (χ0) is 15.5. The van der Waals surface area contributed by atoms with Crippen LogP contribution in [0.15, 0.2) is 29.9 Å². The third-order valence-electron chi connectivity index (χ3n) is 4.32. The van der Waals surface area contributed by atoms with Crippen molar-refractivity contribution in [2.45, 2.75) is 38.8 Å². The maximum atomic E-state index is 4.75. The average Bonchev–Trinajstić information content (AvgIpc) is 3.29. The second-order valence-electron chi connectivity index (χ2n) is 5.97. The molecule has 4 rings (SSSR count). The first kappa shape index (κ1) is 14.7. The van der Waals surface area contributed by atoms with Gasteiger partial charge < -0.3 is 9.88 Å². The van der Waals surface area contributed by atoms with Gasteiger partial charge in [0.05, 0.1) is 22.5 Å². The first-order valence-corrected chi connectivity index (χ1v) is 9.10. The summed E-state index contributed by atoms with van der Waals surface area (Å²) in [5, 5.41) is 12.9. The number of aryl methyl sites for hydroxylation is 2. The van der Waals surface area contributed by atoms with E-state index in [1.165, 1.54) is 34.8 Å². The molecule has 0 spiro atoms. The Morgan fingerprint density at radius 1 is 1.35 bits per heavy atom. The van der Waals surface area contributed by atoms with Crippen LogP contribution in [0.5, 0.6) is 0 Å². The molecule has 0 radical (unpaired) electrons.